The monoisotopic (exact) mass is 257 g/mol. The Morgan fingerprint density at radius 1 is 1.32 bits per heavy atom. The Bertz CT molecular complexity index is 565. The third kappa shape index (κ3) is 2.66. The van der Waals surface area contributed by atoms with Crippen LogP contribution < -0.4 is 5.32 Å². The summed E-state index contributed by atoms with van der Waals surface area (Å²) in [4.78, 5) is 4.80. The average Bonchev–Trinajstić information content (AvgIpc) is 2.74. The van der Waals surface area contributed by atoms with E-state index in [1.807, 2.05) is 0 Å². The maximum atomic E-state index is 4.80. The summed E-state index contributed by atoms with van der Waals surface area (Å²) in [6, 6.07) is 6.54. The summed E-state index contributed by atoms with van der Waals surface area (Å²) in [5.74, 6) is 2.11. The lowest BCUT2D eigenvalue weighted by atomic mass is 9.93. The van der Waals surface area contributed by atoms with Gasteiger partial charge in [-0.1, -0.05) is 6.07 Å². The van der Waals surface area contributed by atoms with E-state index in [9.17, 15) is 0 Å². The van der Waals surface area contributed by atoms with Crippen molar-refractivity contribution < 1.29 is 0 Å². The van der Waals surface area contributed by atoms with Crippen LogP contribution >= 0.6 is 0 Å². The van der Waals surface area contributed by atoms with Crippen LogP contribution in [0.4, 0.5) is 0 Å². The zero-order valence-corrected chi connectivity index (χ0v) is 11.9. The van der Waals surface area contributed by atoms with Crippen molar-refractivity contribution >= 4 is 11.0 Å². The van der Waals surface area contributed by atoms with Gasteiger partial charge in [0, 0.05) is 13.5 Å². The molecule has 0 saturated carbocycles. The first-order valence-electron chi connectivity index (χ1n) is 7.37. The predicted molar refractivity (Wildman–Crippen MR) is 79.4 cm³/mol. The highest BCUT2D eigenvalue weighted by Crippen LogP contribution is 2.21. The molecular formula is C16H23N3. The first-order chi connectivity index (χ1) is 9.24. The molecule has 1 fully saturated rings. The van der Waals surface area contributed by atoms with Gasteiger partial charge in [-0.25, -0.2) is 4.98 Å². The van der Waals surface area contributed by atoms with Gasteiger partial charge >= 0.3 is 0 Å². The van der Waals surface area contributed by atoms with Gasteiger partial charge in [0.2, 0.25) is 0 Å². The van der Waals surface area contributed by atoms with Crippen molar-refractivity contribution in [2.45, 2.75) is 32.6 Å². The summed E-state index contributed by atoms with van der Waals surface area (Å²) >= 11 is 0. The van der Waals surface area contributed by atoms with E-state index < -0.39 is 0 Å². The number of rotatable bonds is 3. The Labute approximate surface area is 115 Å². The van der Waals surface area contributed by atoms with Gasteiger partial charge in [0.1, 0.15) is 5.82 Å². The summed E-state index contributed by atoms with van der Waals surface area (Å²) in [6.07, 6.45) is 5.03. The Morgan fingerprint density at radius 3 is 2.89 bits per heavy atom. The number of aromatic nitrogens is 2. The molecule has 3 heteroatoms. The highest BCUT2D eigenvalue weighted by atomic mass is 15.1. The molecule has 19 heavy (non-hydrogen) atoms. The summed E-state index contributed by atoms with van der Waals surface area (Å²) in [7, 11) is 2.14. The van der Waals surface area contributed by atoms with E-state index in [1.165, 1.54) is 49.3 Å². The van der Waals surface area contributed by atoms with E-state index in [0.29, 0.717) is 0 Å². The lowest BCUT2D eigenvalue weighted by molar-refractivity contribution is 0.351. The van der Waals surface area contributed by atoms with Crippen LogP contribution in [-0.2, 0) is 13.5 Å². The van der Waals surface area contributed by atoms with Gasteiger partial charge < -0.3 is 9.88 Å². The van der Waals surface area contributed by atoms with E-state index in [0.717, 1.165) is 17.9 Å². The zero-order chi connectivity index (χ0) is 13.2. The predicted octanol–water partition coefficient (Wildman–Crippen LogP) is 2.81. The van der Waals surface area contributed by atoms with Crippen LogP contribution in [0, 0.1) is 12.8 Å². The number of nitrogens with one attached hydrogen (secondary N) is 1. The highest BCUT2D eigenvalue weighted by Gasteiger charge is 2.15. The van der Waals surface area contributed by atoms with E-state index in [4.69, 9.17) is 4.98 Å². The molecule has 1 N–H and O–H groups in total. The van der Waals surface area contributed by atoms with Gasteiger partial charge in [0.05, 0.1) is 11.0 Å². The van der Waals surface area contributed by atoms with Crippen LogP contribution in [0.3, 0.4) is 0 Å². The minimum absolute atomic E-state index is 0.878. The maximum absolute atomic E-state index is 4.80. The van der Waals surface area contributed by atoms with E-state index in [1.54, 1.807) is 0 Å². The van der Waals surface area contributed by atoms with Crippen molar-refractivity contribution in [2.75, 3.05) is 13.1 Å². The lowest BCUT2D eigenvalue weighted by Gasteiger charge is -2.22. The fraction of sp³-hybridized carbons (Fsp3) is 0.562. The summed E-state index contributed by atoms with van der Waals surface area (Å²) in [6.45, 7) is 4.50. The quantitative estimate of drug-likeness (QED) is 0.916. The molecule has 0 spiro atoms. The van der Waals surface area contributed by atoms with Gasteiger partial charge in [-0.2, -0.15) is 0 Å². The fourth-order valence-corrected chi connectivity index (χ4v) is 3.09. The number of piperidine rings is 1. The van der Waals surface area contributed by atoms with Crippen LogP contribution in [0.25, 0.3) is 11.0 Å². The molecule has 0 amide bonds. The second-order valence-corrected chi connectivity index (χ2v) is 5.81. The molecule has 0 bridgehead atoms. The summed E-state index contributed by atoms with van der Waals surface area (Å²) < 4.78 is 2.26. The third-order valence-corrected chi connectivity index (χ3v) is 4.36. The van der Waals surface area contributed by atoms with Crippen LogP contribution in [0.5, 0.6) is 0 Å². The molecule has 0 radical (unpaired) electrons. The number of imidazole rings is 1. The van der Waals surface area contributed by atoms with E-state index in [2.05, 4.69) is 42.1 Å². The van der Waals surface area contributed by atoms with Crippen LogP contribution in [-0.4, -0.2) is 22.6 Å². The van der Waals surface area contributed by atoms with Crippen LogP contribution in [0.2, 0.25) is 0 Å². The van der Waals surface area contributed by atoms with Crippen LogP contribution in [0.1, 0.15) is 30.7 Å². The zero-order valence-electron chi connectivity index (χ0n) is 11.9. The van der Waals surface area contributed by atoms with Gasteiger partial charge in [-0.05, 0) is 62.9 Å². The Hall–Kier alpha value is -1.35. The van der Waals surface area contributed by atoms with E-state index in [-0.39, 0.29) is 0 Å². The molecule has 3 nitrogen and oxygen atoms in total. The molecule has 2 aromatic rings. The minimum atomic E-state index is 0.878. The van der Waals surface area contributed by atoms with Crippen molar-refractivity contribution in [3.63, 3.8) is 0 Å². The number of fused-ring (bicyclic) bond motifs is 1. The maximum Gasteiger partial charge on any atom is 0.109 e. The molecule has 0 unspecified atom stereocenters. The van der Waals surface area contributed by atoms with Gasteiger partial charge in [0.25, 0.3) is 0 Å². The second-order valence-electron chi connectivity index (χ2n) is 5.81. The van der Waals surface area contributed by atoms with Gasteiger partial charge in [-0.15, -0.1) is 0 Å². The van der Waals surface area contributed by atoms with Gasteiger partial charge in [-0.3, -0.25) is 0 Å². The Morgan fingerprint density at radius 2 is 2.11 bits per heavy atom. The normalized spacial score (nSPS) is 17.2. The fourth-order valence-electron chi connectivity index (χ4n) is 3.09. The summed E-state index contributed by atoms with van der Waals surface area (Å²) in [5, 5.41) is 3.43. The Kier molecular flexibility index (Phi) is 3.56. The molecule has 1 aliphatic rings. The van der Waals surface area contributed by atoms with Crippen molar-refractivity contribution in [2.24, 2.45) is 13.0 Å². The molecule has 0 atom stereocenters. The average molecular weight is 257 g/mol. The molecular weight excluding hydrogens is 234 g/mol. The van der Waals surface area contributed by atoms with Crippen LogP contribution in [0.15, 0.2) is 18.2 Å². The molecule has 1 aliphatic heterocycles. The first kappa shape index (κ1) is 12.7. The van der Waals surface area contributed by atoms with Crippen molar-refractivity contribution in [1.82, 2.24) is 14.9 Å². The summed E-state index contributed by atoms with van der Waals surface area (Å²) in [5.41, 5.74) is 3.68. The van der Waals surface area contributed by atoms with Gasteiger partial charge in [0.15, 0.2) is 0 Å². The number of benzene rings is 1. The van der Waals surface area contributed by atoms with Crippen molar-refractivity contribution in [3.8, 4) is 0 Å². The molecule has 1 aromatic heterocycles. The largest absolute Gasteiger partial charge is 0.331 e. The smallest absolute Gasteiger partial charge is 0.109 e. The number of hydrogen-bond acceptors (Lipinski definition) is 2. The Balaban J connectivity index is 1.75. The topological polar surface area (TPSA) is 29.9 Å². The molecule has 3 rings (SSSR count). The third-order valence-electron chi connectivity index (χ3n) is 4.36. The molecule has 1 saturated heterocycles. The molecule has 2 heterocycles. The van der Waals surface area contributed by atoms with Crippen molar-refractivity contribution in [3.05, 3.63) is 29.6 Å². The molecule has 1 aromatic carbocycles. The van der Waals surface area contributed by atoms with Crippen molar-refractivity contribution in [1.29, 1.82) is 0 Å². The standard InChI is InChI=1S/C16H23N3/c1-12-3-5-15-14(11-12)18-16(19(15)2)6-4-13-7-9-17-10-8-13/h3,5,11,13,17H,4,6-10H2,1-2H3. The SMILES string of the molecule is Cc1ccc2c(c1)nc(CCC1CCNCC1)n2C. The lowest BCUT2D eigenvalue weighted by Crippen LogP contribution is -2.28. The second kappa shape index (κ2) is 5.33. The number of hydrogen-bond donors (Lipinski definition) is 1. The van der Waals surface area contributed by atoms with E-state index >= 15 is 0 Å². The molecule has 0 aliphatic carbocycles. The highest BCUT2D eigenvalue weighted by molar-refractivity contribution is 5.76. The molecule has 102 valence electrons. The minimum Gasteiger partial charge on any atom is -0.331 e. The number of aryl methyl sites for hydroxylation is 3. The number of nitrogens with zero attached hydrogens (tertiary/aromatic N) is 2. The first-order valence-corrected chi connectivity index (χ1v) is 7.37.